The topological polar surface area (TPSA) is 131 Å². The monoisotopic (exact) mass is 696 g/mol. The van der Waals surface area contributed by atoms with Gasteiger partial charge in [0.2, 0.25) is 12.7 Å². The number of rotatable bonds is 11. The highest BCUT2D eigenvalue weighted by atomic mass is 35.5. The largest absolute Gasteiger partial charge is 0.454 e. The van der Waals surface area contributed by atoms with Gasteiger partial charge in [-0.05, 0) is 101 Å². The molecule has 0 bridgehead atoms. The van der Waals surface area contributed by atoms with Crippen molar-refractivity contribution in [1.82, 2.24) is 5.32 Å². The quantitative estimate of drug-likeness (QED) is 0.124. The highest BCUT2D eigenvalue weighted by molar-refractivity contribution is 7.85. The van der Waals surface area contributed by atoms with Crippen molar-refractivity contribution in [3.8, 4) is 33.8 Å². The number of amides is 2. The first-order valence-electron chi connectivity index (χ1n) is 15.5. The molecule has 1 aliphatic rings. The maximum atomic E-state index is 13.9. The molecule has 1 atom stereocenters. The van der Waals surface area contributed by atoms with Crippen molar-refractivity contribution in [2.75, 3.05) is 24.4 Å². The number of nitrogens with one attached hydrogen (secondary N) is 2. The third kappa shape index (κ3) is 8.47. The number of carbonyl (C=O) groups is 2. The molecule has 0 saturated heterocycles. The van der Waals surface area contributed by atoms with Crippen LogP contribution in [0, 0.1) is 6.92 Å². The van der Waals surface area contributed by atoms with Crippen LogP contribution >= 0.6 is 11.6 Å². The van der Waals surface area contributed by atoms with Gasteiger partial charge in [0.1, 0.15) is 0 Å². The smallest absolute Gasteiger partial charge is 0.266 e. The van der Waals surface area contributed by atoms with Crippen LogP contribution < -0.4 is 20.1 Å². The molecule has 2 amide bonds. The number of fused-ring (bicyclic) bond motifs is 1. The molecule has 1 aliphatic heterocycles. The van der Waals surface area contributed by atoms with Gasteiger partial charge in [-0.15, -0.1) is 0 Å². The lowest BCUT2D eigenvalue weighted by molar-refractivity contribution is -0.117. The van der Waals surface area contributed by atoms with E-state index in [1.54, 1.807) is 24.3 Å². The summed E-state index contributed by atoms with van der Waals surface area (Å²) in [5, 5.41) is 6.23. The minimum absolute atomic E-state index is 0.192. The fourth-order valence-corrected chi connectivity index (χ4v) is 6.27. The minimum Gasteiger partial charge on any atom is -0.454 e. The summed E-state index contributed by atoms with van der Waals surface area (Å²) in [7, 11) is -4.19. The number of benzene rings is 5. The summed E-state index contributed by atoms with van der Waals surface area (Å²) < 4.78 is 41.8. The standard InChI is InChI=1S/C38H33ClN2O7S/c1-24-20-31(39)13-16-33(24)27-10-14-32(15-11-27)41-38(43)34(21-25-2-4-29(5-3-25)37(42)40-18-19-49(44,45)46)28-8-6-26(7-9-28)30-12-17-35-36(22-30)48-23-47-35/h2-17,20,22,34H,18-19,21,23H2,1H3,(H,40,42)(H,41,43)(H,44,45,46)/t34-/m1/s1. The Bertz CT molecular complexity index is 2100. The average Bonchev–Trinajstić information content (AvgIpc) is 3.56. The Morgan fingerprint density at radius 1 is 0.816 bits per heavy atom. The maximum absolute atomic E-state index is 13.9. The third-order valence-corrected chi connectivity index (χ3v) is 9.24. The van der Waals surface area contributed by atoms with Crippen LogP contribution in [0.2, 0.25) is 5.02 Å². The molecular formula is C38H33ClN2O7S. The number of carbonyl (C=O) groups excluding carboxylic acids is 2. The van der Waals surface area contributed by atoms with Crippen LogP contribution in [0.4, 0.5) is 5.69 Å². The van der Waals surface area contributed by atoms with Gasteiger partial charge in [-0.3, -0.25) is 14.1 Å². The van der Waals surface area contributed by atoms with Gasteiger partial charge in [0.15, 0.2) is 11.5 Å². The van der Waals surface area contributed by atoms with Crippen molar-refractivity contribution in [3.05, 3.63) is 136 Å². The Morgan fingerprint density at radius 2 is 1.49 bits per heavy atom. The van der Waals surface area contributed by atoms with Gasteiger partial charge in [0.25, 0.3) is 16.0 Å². The molecule has 9 nitrogen and oxygen atoms in total. The lowest BCUT2D eigenvalue weighted by Crippen LogP contribution is -2.28. The molecule has 3 N–H and O–H groups in total. The Morgan fingerprint density at radius 3 is 2.18 bits per heavy atom. The van der Waals surface area contributed by atoms with Crippen molar-refractivity contribution in [2.24, 2.45) is 0 Å². The number of hydrogen-bond acceptors (Lipinski definition) is 6. The molecule has 0 saturated carbocycles. The van der Waals surface area contributed by atoms with E-state index >= 15 is 0 Å². The first-order chi connectivity index (χ1) is 23.5. The Labute approximate surface area is 289 Å². The van der Waals surface area contributed by atoms with Gasteiger partial charge in [0, 0.05) is 22.8 Å². The first-order valence-corrected chi connectivity index (χ1v) is 17.5. The highest BCUT2D eigenvalue weighted by Crippen LogP contribution is 2.36. The second-order valence-corrected chi connectivity index (χ2v) is 13.7. The summed E-state index contributed by atoms with van der Waals surface area (Å²) in [6.07, 6.45) is 0.349. The lowest BCUT2D eigenvalue weighted by Gasteiger charge is -2.19. The fraction of sp³-hybridized carbons (Fsp3) is 0.158. The summed E-state index contributed by atoms with van der Waals surface area (Å²) in [6, 6.07) is 33.7. The van der Waals surface area contributed by atoms with Crippen LogP contribution in [0.25, 0.3) is 22.3 Å². The zero-order valence-electron chi connectivity index (χ0n) is 26.5. The second-order valence-electron chi connectivity index (χ2n) is 11.7. The maximum Gasteiger partial charge on any atom is 0.266 e. The third-order valence-electron chi connectivity index (χ3n) is 8.29. The van der Waals surface area contributed by atoms with Gasteiger partial charge >= 0.3 is 0 Å². The second kappa shape index (κ2) is 14.5. The molecule has 11 heteroatoms. The van der Waals surface area contributed by atoms with E-state index in [0.717, 1.165) is 38.9 Å². The van der Waals surface area contributed by atoms with Gasteiger partial charge in [-0.2, -0.15) is 8.42 Å². The van der Waals surface area contributed by atoms with E-state index in [9.17, 15) is 18.0 Å². The van der Waals surface area contributed by atoms with E-state index in [1.165, 1.54) is 0 Å². The van der Waals surface area contributed by atoms with E-state index in [1.807, 2.05) is 91.9 Å². The lowest BCUT2D eigenvalue weighted by atomic mass is 9.89. The molecule has 0 aliphatic carbocycles. The molecule has 5 aromatic carbocycles. The van der Waals surface area contributed by atoms with Crippen LogP contribution in [0.1, 0.15) is 33.0 Å². The van der Waals surface area contributed by atoms with Crippen molar-refractivity contribution in [2.45, 2.75) is 19.3 Å². The number of ether oxygens (including phenoxy) is 2. The van der Waals surface area contributed by atoms with Crippen LogP contribution in [0.15, 0.2) is 109 Å². The van der Waals surface area contributed by atoms with E-state index in [-0.39, 0.29) is 19.2 Å². The zero-order chi connectivity index (χ0) is 34.5. The van der Waals surface area contributed by atoms with Crippen molar-refractivity contribution >= 4 is 39.2 Å². The highest BCUT2D eigenvalue weighted by Gasteiger charge is 2.23. The Hall–Kier alpha value is -5.16. The normalized spacial score (nSPS) is 12.7. The van der Waals surface area contributed by atoms with E-state index < -0.39 is 27.7 Å². The molecule has 5 aromatic rings. The summed E-state index contributed by atoms with van der Waals surface area (Å²) in [5.41, 5.74) is 7.63. The predicted octanol–water partition coefficient (Wildman–Crippen LogP) is 7.29. The molecule has 0 unspecified atom stereocenters. The minimum atomic E-state index is -4.19. The van der Waals surface area contributed by atoms with E-state index in [0.29, 0.717) is 34.2 Å². The summed E-state index contributed by atoms with van der Waals surface area (Å²) in [5.74, 6) is -0.427. The Kier molecular flexibility index (Phi) is 10.0. The summed E-state index contributed by atoms with van der Waals surface area (Å²) in [4.78, 5) is 26.4. The summed E-state index contributed by atoms with van der Waals surface area (Å²) >= 11 is 6.14. The van der Waals surface area contributed by atoms with Crippen molar-refractivity contribution in [1.29, 1.82) is 0 Å². The molecule has 0 spiro atoms. The van der Waals surface area contributed by atoms with Crippen LogP contribution in [-0.2, 0) is 21.3 Å². The number of hydrogen-bond donors (Lipinski definition) is 3. The molecule has 0 fully saturated rings. The number of anilines is 1. The molecule has 250 valence electrons. The van der Waals surface area contributed by atoms with Gasteiger partial charge in [0.05, 0.1) is 11.7 Å². The average molecular weight is 697 g/mol. The van der Waals surface area contributed by atoms with Crippen LogP contribution in [-0.4, -0.2) is 43.9 Å². The van der Waals surface area contributed by atoms with Crippen LogP contribution in [0.5, 0.6) is 11.5 Å². The molecule has 0 radical (unpaired) electrons. The number of halogens is 1. The summed E-state index contributed by atoms with van der Waals surface area (Å²) in [6.45, 7) is 1.98. The Balaban J connectivity index is 1.22. The molecule has 1 heterocycles. The molecule has 49 heavy (non-hydrogen) atoms. The predicted molar refractivity (Wildman–Crippen MR) is 190 cm³/mol. The number of aryl methyl sites for hydroxylation is 1. The van der Waals surface area contributed by atoms with Gasteiger partial charge in [-0.1, -0.05) is 72.3 Å². The van der Waals surface area contributed by atoms with Gasteiger partial charge < -0.3 is 20.1 Å². The van der Waals surface area contributed by atoms with E-state index in [2.05, 4.69) is 10.6 Å². The van der Waals surface area contributed by atoms with Crippen LogP contribution in [0.3, 0.4) is 0 Å². The van der Waals surface area contributed by atoms with Gasteiger partial charge in [-0.25, -0.2) is 0 Å². The first kappa shape index (κ1) is 33.7. The van der Waals surface area contributed by atoms with Crippen molar-refractivity contribution < 1.29 is 32.0 Å². The fourth-order valence-electron chi connectivity index (χ4n) is 5.68. The van der Waals surface area contributed by atoms with E-state index in [4.69, 9.17) is 25.6 Å². The molecular weight excluding hydrogens is 664 g/mol. The SMILES string of the molecule is Cc1cc(Cl)ccc1-c1ccc(NC(=O)[C@H](Cc2ccc(C(=O)NCCS(=O)(=O)O)cc2)c2ccc(-c3ccc4c(c3)OCO4)cc2)cc1. The van der Waals surface area contributed by atoms with Crippen molar-refractivity contribution in [3.63, 3.8) is 0 Å². The molecule has 0 aromatic heterocycles. The zero-order valence-corrected chi connectivity index (χ0v) is 28.1. The molecule has 6 rings (SSSR count).